The van der Waals surface area contributed by atoms with Gasteiger partial charge in [-0.1, -0.05) is 6.07 Å². The molecule has 1 aromatic carbocycles. The molecule has 1 unspecified atom stereocenters. The fourth-order valence-corrected chi connectivity index (χ4v) is 4.52. The Morgan fingerprint density at radius 1 is 1.23 bits per heavy atom. The average molecular weight is 422 g/mol. The summed E-state index contributed by atoms with van der Waals surface area (Å²) in [5, 5.41) is 3.75. The fourth-order valence-electron chi connectivity index (χ4n) is 4.52. The van der Waals surface area contributed by atoms with Crippen LogP contribution in [-0.2, 0) is 37.5 Å². The van der Waals surface area contributed by atoms with E-state index in [0.717, 1.165) is 16.5 Å². The summed E-state index contributed by atoms with van der Waals surface area (Å²) in [4.78, 5) is 53.8. The molecular formula is C22H22N4O5. The first-order valence-corrected chi connectivity index (χ1v) is 10.2. The van der Waals surface area contributed by atoms with E-state index in [1.165, 1.54) is 16.0 Å². The quantitative estimate of drug-likeness (QED) is 0.427. The Morgan fingerprint density at radius 3 is 2.84 bits per heavy atom. The van der Waals surface area contributed by atoms with E-state index in [-0.39, 0.29) is 24.7 Å². The lowest BCUT2D eigenvalue weighted by Gasteiger charge is -2.43. The molecule has 2 amide bonds. The zero-order chi connectivity index (χ0) is 21.9. The molecule has 3 aliphatic heterocycles. The van der Waals surface area contributed by atoms with Crippen molar-refractivity contribution < 1.29 is 23.9 Å². The summed E-state index contributed by atoms with van der Waals surface area (Å²) in [6.45, 7) is 2.66. The highest BCUT2D eigenvalue weighted by atomic mass is 16.5. The number of ether oxygens (including phenoxy) is 1. The number of Topliss-reactive ketones (excluding diaryl/α,β-unsaturated/α-hetero) is 2. The number of benzene rings is 1. The molecule has 0 radical (unpaired) electrons. The molecule has 9 heteroatoms. The smallest absolute Gasteiger partial charge is 0.257 e. The molecule has 3 atom stereocenters. The van der Waals surface area contributed by atoms with E-state index in [4.69, 9.17) is 4.74 Å². The van der Waals surface area contributed by atoms with Gasteiger partial charge >= 0.3 is 0 Å². The van der Waals surface area contributed by atoms with E-state index in [9.17, 15) is 19.2 Å². The van der Waals surface area contributed by atoms with Gasteiger partial charge in [0.05, 0.1) is 19.2 Å². The molecule has 0 spiro atoms. The van der Waals surface area contributed by atoms with Gasteiger partial charge in [-0.15, -0.1) is 0 Å². The SMILES string of the molecule is C[C@H]1CO[C@@H]2CN3C=C(C(=O)NCc4ccc5c(ccn5C)c4)C(=O)C(=O)C3C(=O)N12. The van der Waals surface area contributed by atoms with E-state index in [2.05, 4.69) is 5.32 Å². The zero-order valence-corrected chi connectivity index (χ0v) is 17.2. The monoisotopic (exact) mass is 422 g/mol. The highest BCUT2D eigenvalue weighted by Gasteiger charge is 2.52. The maximum absolute atomic E-state index is 12.8. The number of amides is 2. The molecule has 4 heterocycles. The van der Waals surface area contributed by atoms with Crippen LogP contribution >= 0.6 is 0 Å². The van der Waals surface area contributed by atoms with Gasteiger partial charge < -0.3 is 24.4 Å². The van der Waals surface area contributed by atoms with E-state index in [1.807, 2.05) is 49.0 Å². The number of aryl methyl sites for hydroxylation is 1. The first-order valence-electron chi connectivity index (χ1n) is 10.2. The average Bonchev–Trinajstić information content (AvgIpc) is 3.31. The summed E-state index contributed by atoms with van der Waals surface area (Å²) in [5.41, 5.74) is 1.69. The summed E-state index contributed by atoms with van der Waals surface area (Å²) in [6, 6.07) is 6.43. The van der Waals surface area contributed by atoms with E-state index >= 15 is 0 Å². The molecule has 1 N–H and O–H groups in total. The van der Waals surface area contributed by atoms with Crippen LogP contribution in [0.5, 0.6) is 0 Å². The van der Waals surface area contributed by atoms with Crippen molar-refractivity contribution >= 4 is 34.3 Å². The highest BCUT2D eigenvalue weighted by Crippen LogP contribution is 2.29. The summed E-state index contributed by atoms with van der Waals surface area (Å²) in [6.07, 6.45) is 2.79. The van der Waals surface area contributed by atoms with E-state index < -0.39 is 35.7 Å². The lowest BCUT2D eigenvalue weighted by Crippen LogP contribution is -2.65. The molecular weight excluding hydrogens is 400 g/mol. The van der Waals surface area contributed by atoms with Crippen LogP contribution in [0.4, 0.5) is 0 Å². The molecule has 9 nitrogen and oxygen atoms in total. The summed E-state index contributed by atoms with van der Waals surface area (Å²) in [7, 11) is 1.96. The largest absolute Gasteiger partial charge is 0.354 e. The van der Waals surface area contributed by atoms with Gasteiger partial charge in [0.15, 0.2) is 6.04 Å². The Morgan fingerprint density at radius 2 is 2.03 bits per heavy atom. The van der Waals surface area contributed by atoms with Crippen LogP contribution in [0.25, 0.3) is 10.9 Å². The molecule has 2 aromatic rings. The highest BCUT2D eigenvalue weighted by molar-refractivity contribution is 6.53. The molecule has 2 saturated heterocycles. The predicted octanol–water partition coefficient (Wildman–Crippen LogP) is 0.0878. The second-order valence-electron chi connectivity index (χ2n) is 8.22. The molecule has 0 bridgehead atoms. The lowest BCUT2D eigenvalue weighted by molar-refractivity contribution is -0.159. The first-order chi connectivity index (χ1) is 14.8. The number of piperazine rings is 1. The number of carbonyl (C=O) groups is 4. The Hall–Kier alpha value is -3.46. The standard InChI is InChI=1S/C22H22N4O5/c1-12-11-31-17-10-25-9-15(19(27)20(28)18(25)22(30)26(12)17)21(29)23-8-13-3-4-16-14(7-13)5-6-24(16)2/h3-7,9,12,17-18H,8,10-11H2,1-2H3,(H,23,29)/t12-,17+,18?/m0/s1. The Bertz CT molecular complexity index is 1170. The van der Waals surface area contributed by atoms with Crippen molar-refractivity contribution in [3.8, 4) is 0 Å². The normalized spacial score (nSPS) is 25.5. The number of nitrogens with zero attached hydrogens (tertiary/aromatic N) is 3. The van der Waals surface area contributed by atoms with Crippen LogP contribution in [-0.4, -0.2) is 69.2 Å². The van der Waals surface area contributed by atoms with Crippen LogP contribution in [0.15, 0.2) is 42.2 Å². The molecule has 31 heavy (non-hydrogen) atoms. The number of hydrogen-bond donors (Lipinski definition) is 1. The number of nitrogens with one attached hydrogen (secondary N) is 1. The van der Waals surface area contributed by atoms with Crippen LogP contribution in [0.2, 0.25) is 0 Å². The van der Waals surface area contributed by atoms with Crippen LogP contribution in [0, 0.1) is 0 Å². The second kappa shape index (κ2) is 7.05. The summed E-state index contributed by atoms with van der Waals surface area (Å²) >= 11 is 0. The number of rotatable bonds is 3. The van der Waals surface area contributed by atoms with Crippen LogP contribution in [0.3, 0.4) is 0 Å². The van der Waals surface area contributed by atoms with Gasteiger partial charge in [-0.2, -0.15) is 0 Å². The van der Waals surface area contributed by atoms with Gasteiger partial charge in [0, 0.05) is 31.5 Å². The third-order valence-electron chi connectivity index (χ3n) is 6.16. The van der Waals surface area contributed by atoms with Crippen molar-refractivity contribution in [2.75, 3.05) is 13.2 Å². The van der Waals surface area contributed by atoms with Gasteiger partial charge in [-0.25, -0.2) is 0 Å². The van der Waals surface area contributed by atoms with Gasteiger partial charge in [0.25, 0.3) is 11.8 Å². The van der Waals surface area contributed by atoms with Crippen molar-refractivity contribution in [2.24, 2.45) is 7.05 Å². The van der Waals surface area contributed by atoms with Crippen LogP contribution in [0.1, 0.15) is 12.5 Å². The zero-order valence-electron chi connectivity index (χ0n) is 17.2. The minimum absolute atomic E-state index is 0.154. The van der Waals surface area contributed by atoms with Crippen molar-refractivity contribution in [1.29, 1.82) is 0 Å². The number of fused-ring (bicyclic) bond motifs is 3. The van der Waals surface area contributed by atoms with Gasteiger partial charge in [0.2, 0.25) is 11.6 Å². The maximum atomic E-state index is 12.8. The third-order valence-corrected chi connectivity index (χ3v) is 6.16. The summed E-state index contributed by atoms with van der Waals surface area (Å²) < 4.78 is 7.63. The van der Waals surface area contributed by atoms with Gasteiger partial charge in [-0.05, 0) is 36.1 Å². The number of ketones is 2. The Labute approximate surface area is 178 Å². The molecule has 3 aliphatic rings. The maximum Gasteiger partial charge on any atom is 0.257 e. The first kappa shape index (κ1) is 19.5. The molecule has 1 aromatic heterocycles. The molecule has 0 saturated carbocycles. The molecule has 5 rings (SSSR count). The molecule has 2 fully saturated rings. The van der Waals surface area contributed by atoms with E-state index in [1.54, 1.807) is 0 Å². The Balaban J connectivity index is 1.34. The number of hydrogen-bond acceptors (Lipinski definition) is 6. The Kier molecular flexibility index (Phi) is 4.44. The van der Waals surface area contributed by atoms with Crippen molar-refractivity contribution in [1.82, 2.24) is 19.7 Å². The second-order valence-corrected chi connectivity index (χ2v) is 8.22. The topological polar surface area (TPSA) is 101 Å². The van der Waals surface area contributed by atoms with Gasteiger partial charge in [-0.3, -0.25) is 19.2 Å². The van der Waals surface area contributed by atoms with Gasteiger partial charge in [0.1, 0.15) is 11.8 Å². The minimum Gasteiger partial charge on any atom is -0.354 e. The van der Waals surface area contributed by atoms with Crippen molar-refractivity contribution in [3.05, 3.63) is 47.8 Å². The van der Waals surface area contributed by atoms with Crippen molar-refractivity contribution in [3.63, 3.8) is 0 Å². The van der Waals surface area contributed by atoms with Crippen molar-refractivity contribution in [2.45, 2.75) is 31.8 Å². The minimum atomic E-state index is -1.22. The molecule has 0 aliphatic carbocycles. The number of aromatic nitrogens is 1. The lowest BCUT2D eigenvalue weighted by atomic mass is 9.93. The van der Waals surface area contributed by atoms with E-state index in [0.29, 0.717) is 6.61 Å². The predicted molar refractivity (Wildman–Crippen MR) is 109 cm³/mol. The molecule has 160 valence electrons. The fraction of sp³-hybridized carbons (Fsp3) is 0.364. The summed E-state index contributed by atoms with van der Waals surface area (Å²) in [5.74, 6) is -2.90. The van der Waals surface area contributed by atoms with Crippen LogP contribution < -0.4 is 5.32 Å². The number of carbonyl (C=O) groups excluding carboxylic acids is 4. The third kappa shape index (κ3) is 3.04.